The van der Waals surface area contributed by atoms with Crippen LogP contribution in [0.15, 0.2) is 12.2 Å². The normalized spacial score (nSPS) is 51.2. The number of carbonyl (C=O) groups excluding carboxylic acids is 1. The molecule has 0 aromatic heterocycles. The number of rotatable bonds is 2. The molecule has 98 valence electrons. The van der Waals surface area contributed by atoms with Crippen LogP contribution in [0.4, 0.5) is 0 Å². The van der Waals surface area contributed by atoms with Crippen molar-refractivity contribution in [3.05, 3.63) is 12.2 Å². The maximum atomic E-state index is 12.2. The third-order valence-electron chi connectivity index (χ3n) is 5.85. The molecular weight excluding hydrogens is 243 g/mol. The van der Waals surface area contributed by atoms with Crippen LogP contribution < -0.4 is 0 Å². The molecule has 3 saturated carbocycles. The molecule has 7 atom stereocenters. The van der Waals surface area contributed by atoms with Gasteiger partial charge in [0.05, 0.1) is 14.1 Å². The Balaban J connectivity index is 1.55. The van der Waals surface area contributed by atoms with E-state index in [0.717, 1.165) is 36.0 Å². The number of carbonyl (C=O) groups is 1. The first-order chi connectivity index (χ1) is 8.65. The van der Waals surface area contributed by atoms with Crippen LogP contribution in [0.1, 0.15) is 19.3 Å². The van der Waals surface area contributed by atoms with Gasteiger partial charge < -0.3 is 4.52 Å². The van der Waals surface area contributed by atoms with E-state index in [1.54, 1.807) is 0 Å². The van der Waals surface area contributed by atoms with Crippen LogP contribution in [0.3, 0.4) is 0 Å². The molecule has 4 aliphatic rings. The molecule has 0 spiro atoms. The second-order valence-corrected chi connectivity index (χ2v) is 8.63. The van der Waals surface area contributed by atoms with Crippen LogP contribution in [0.25, 0.3) is 0 Å². The number of fused-ring (bicyclic) bond motifs is 9. The molecule has 0 radical (unpaired) electrons. The molecule has 7 unspecified atom stereocenters. The van der Waals surface area contributed by atoms with Gasteiger partial charge in [-0.25, -0.2) is 0 Å². The van der Waals surface area contributed by atoms with Crippen LogP contribution in [0, 0.1) is 41.4 Å². The summed E-state index contributed by atoms with van der Waals surface area (Å²) < 4.78 is 5.52. The van der Waals surface area contributed by atoms with Gasteiger partial charge in [0.15, 0.2) is 0 Å². The average Bonchev–Trinajstić information content (AvgIpc) is 3.06. The highest BCUT2D eigenvalue weighted by atomic mass is 31.1. The number of hydrogen-bond donors (Lipinski definition) is 0. The second-order valence-electron chi connectivity index (χ2n) is 6.83. The Labute approximate surface area is 110 Å². The molecule has 4 rings (SSSR count). The highest BCUT2D eigenvalue weighted by molar-refractivity contribution is 7.51. The minimum Gasteiger partial charge on any atom is -0.445 e. The Hall–Kier alpha value is -0.360. The van der Waals surface area contributed by atoms with Crippen molar-refractivity contribution >= 4 is 14.1 Å². The summed E-state index contributed by atoms with van der Waals surface area (Å²) >= 11 is 0. The van der Waals surface area contributed by atoms with Crippen molar-refractivity contribution in [3.8, 4) is 0 Å². The fraction of sp³-hybridized carbons (Fsp3) is 0.800. The quantitative estimate of drug-likeness (QED) is 0.434. The van der Waals surface area contributed by atoms with E-state index in [1.165, 1.54) is 12.8 Å². The first-order valence-corrected chi connectivity index (χ1v) is 9.38. The van der Waals surface area contributed by atoms with Crippen LogP contribution >= 0.6 is 8.15 Å². The molecule has 0 aromatic rings. The van der Waals surface area contributed by atoms with Gasteiger partial charge in [-0.05, 0) is 68.1 Å². The van der Waals surface area contributed by atoms with Gasteiger partial charge in [0.25, 0.3) is 0 Å². The summed E-state index contributed by atoms with van der Waals surface area (Å²) in [6.45, 7) is 4.03. The van der Waals surface area contributed by atoms with Gasteiger partial charge in [-0.2, -0.15) is 0 Å². The van der Waals surface area contributed by atoms with Crippen molar-refractivity contribution in [2.75, 3.05) is 13.3 Å². The van der Waals surface area contributed by atoms with E-state index in [1.807, 2.05) is 13.3 Å². The summed E-state index contributed by atoms with van der Waals surface area (Å²) in [7, 11) is -0.549. The van der Waals surface area contributed by atoms with E-state index in [2.05, 4.69) is 12.2 Å². The first-order valence-electron chi connectivity index (χ1n) is 7.22. The molecule has 0 amide bonds. The lowest BCUT2D eigenvalue weighted by molar-refractivity contribution is -0.141. The third-order valence-corrected chi connectivity index (χ3v) is 6.39. The second kappa shape index (κ2) is 3.82. The van der Waals surface area contributed by atoms with Gasteiger partial charge in [0, 0.05) is 0 Å². The van der Waals surface area contributed by atoms with Gasteiger partial charge in [0.2, 0.25) is 0 Å². The molecule has 18 heavy (non-hydrogen) atoms. The van der Waals surface area contributed by atoms with Crippen molar-refractivity contribution in [2.45, 2.75) is 19.3 Å². The molecule has 4 bridgehead atoms. The van der Waals surface area contributed by atoms with Crippen LogP contribution in [0.5, 0.6) is 0 Å². The minimum absolute atomic E-state index is 0.115. The molecule has 0 aliphatic heterocycles. The van der Waals surface area contributed by atoms with Crippen LogP contribution in [0.2, 0.25) is 0 Å². The van der Waals surface area contributed by atoms with Crippen molar-refractivity contribution in [3.63, 3.8) is 0 Å². The Morgan fingerprint density at radius 3 is 2.56 bits per heavy atom. The summed E-state index contributed by atoms with van der Waals surface area (Å²) in [6, 6.07) is 0. The Morgan fingerprint density at radius 1 is 1.11 bits per heavy atom. The van der Waals surface area contributed by atoms with Gasteiger partial charge in [-0.3, -0.25) is 4.79 Å². The lowest BCUT2D eigenvalue weighted by Gasteiger charge is -2.35. The molecule has 2 nitrogen and oxygen atoms in total. The predicted molar refractivity (Wildman–Crippen MR) is 72.3 cm³/mol. The Bertz CT molecular complexity index is 417. The molecule has 0 aromatic carbocycles. The standard InChI is InChI=1S/C15H21O2P/c1-18(2)17-15(16)12-7-10-6-11(12)14-9-4-3-8(5-9)13(10)14/h3-4,8-14H,5-7H2,1-2H3. The molecule has 3 fully saturated rings. The topological polar surface area (TPSA) is 26.3 Å². The summed E-state index contributed by atoms with van der Waals surface area (Å²) in [4.78, 5) is 12.2. The fourth-order valence-corrected chi connectivity index (χ4v) is 6.03. The van der Waals surface area contributed by atoms with E-state index in [-0.39, 0.29) is 11.9 Å². The summed E-state index contributed by atoms with van der Waals surface area (Å²) in [6.07, 6.45) is 8.68. The average molecular weight is 264 g/mol. The largest absolute Gasteiger partial charge is 0.445 e. The fourth-order valence-electron chi connectivity index (χ4n) is 5.53. The zero-order chi connectivity index (χ0) is 12.4. The molecular formula is C15H21O2P. The lowest BCUT2D eigenvalue weighted by Crippen LogP contribution is -2.34. The van der Waals surface area contributed by atoms with E-state index in [4.69, 9.17) is 4.52 Å². The molecule has 3 heteroatoms. The van der Waals surface area contributed by atoms with Crippen molar-refractivity contribution < 1.29 is 9.32 Å². The summed E-state index contributed by atoms with van der Waals surface area (Å²) in [5.74, 6) is 5.17. The van der Waals surface area contributed by atoms with Crippen molar-refractivity contribution in [1.29, 1.82) is 0 Å². The van der Waals surface area contributed by atoms with Crippen molar-refractivity contribution in [1.82, 2.24) is 0 Å². The minimum atomic E-state index is -0.549. The third kappa shape index (κ3) is 1.42. The smallest absolute Gasteiger partial charge is 0.311 e. The van der Waals surface area contributed by atoms with E-state index >= 15 is 0 Å². The van der Waals surface area contributed by atoms with Crippen molar-refractivity contribution in [2.24, 2.45) is 41.4 Å². The van der Waals surface area contributed by atoms with Gasteiger partial charge in [-0.15, -0.1) is 0 Å². The Morgan fingerprint density at radius 2 is 1.83 bits per heavy atom. The van der Waals surface area contributed by atoms with E-state index in [9.17, 15) is 4.79 Å². The monoisotopic (exact) mass is 264 g/mol. The zero-order valence-electron chi connectivity index (χ0n) is 11.1. The number of allylic oxidation sites excluding steroid dienone is 2. The van der Waals surface area contributed by atoms with Crippen LogP contribution in [-0.2, 0) is 9.32 Å². The van der Waals surface area contributed by atoms with Crippen LogP contribution in [-0.4, -0.2) is 19.3 Å². The van der Waals surface area contributed by atoms with E-state index in [0.29, 0.717) is 5.92 Å². The van der Waals surface area contributed by atoms with Gasteiger partial charge >= 0.3 is 5.97 Å². The lowest BCUT2D eigenvalue weighted by atomic mass is 9.69. The number of hydrogen-bond acceptors (Lipinski definition) is 2. The summed E-state index contributed by atoms with van der Waals surface area (Å²) in [5.41, 5.74) is 0. The maximum Gasteiger partial charge on any atom is 0.311 e. The highest BCUT2D eigenvalue weighted by Gasteiger charge is 2.62. The SMILES string of the molecule is CP(C)OC(=O)C1CC2CC1C1C3C=CC(C3)C21. The Kier molecular flexibility index (Phi) is 2.43. The van der Waals surface area contributed by atoms with Gasteiger partial charge in [-0.1, -0.05) is 12.2 Å². The predicted octanol–water partition coefficient (Wildman–Crippen LogP) is 3.28. The molecule has 0 N–H and O–H groups in total. The molecule has 4 aliphatic carbocycles. The maximum absolute atomic E-state index is 12.2. The molecule has 0 saturated heterocycles. The highest BCUT2D eigenvalue weighted by Crippen LogP contribution is 2.67. The molecule has 0 heterocycles. The summed E-state index contributed by atoms with van der Waals surface area (Å²) in [5, 5.41) is 0. The van der Waals surface area contributed by atoms with Gasteiger partial charge in [0.1, 0.15) is 0 Å². The first kappa shape index (κ1) is 11.5. The van der Waals surface area contributed by atoms with E-state index < -0.39 is 8.15 Å². The zero-order valence-corrected chi connectivity index (χ0v) is 12.0.